The molecule has 4 aromatic carbocycles. The number of likely N-dealkylation sites (tertiary alicyclic amines) is 1. The number of amides is 1. The molecule has 0 bridgehead atoms. The van der Waals surface area contributed by atoms with E-state index >= 15 is 0 Å². The molecule has 2 aliphatic heterocycles. The smallest absolute Gasteiger partial charge is 0.410 e. The molecule has 0 radical (unpaired) electrons. The highest BCUT2D eigenvalue weighted by atomic mass is 19.1. The van der Waals surface area contributed by atoms with E-state index in [-0.39, 0.29) is 78.8 Å². The molecule has 1 amide bonds. The zero-order valence-electron chi connectivity index (χ0n) is 32.7. The number of carbonyl (C=O) groups excluding carboxylic acids is 1. The third kappa shape index (κ3) is 9.79. The second-order valence-electron chi connectivity index (χ2n) is 15.6. The number of aliphatic hydroxyl groups excluding tert-OH is 2. The number of anilines is 2. The van der Waals surface area contributed by atoms with Crippen LogP contribution in [0.3, 0.4) is 0 Å². The van der Waals surface area contributed by atoms with E-state index < -0.39 is 23.3 Å². The summed E-state index contributed by atoms with van der Waals surface area (Å²) in [7, 11) is 0. The number of aliphatic hydroxyl groups is 2. The Morgan fingerprint density at radius 3 is 1.73 bits per heavy atom. The van der Waals surface area contributed by atoms with Crippen LogP contribution in [-0.2, 0) is 4.74 Å². The second-order valence-corrected chi connectivity index (χ2v) is 15.6. The molecule has 8 rings (SSSR count). The second kappa shape index (κ2) is 18.4. The molecular formula is C44H50F2N8O6. The maximum atomic E-state index is 13.8. The standard InChI is InChI=1S/C24H27FN4O4.C19H19FN4O2.CH4/c1-24(2,3)33-23(32)29-11-14(13-30)19(12-29)27-21-16-6-4-5-7-18(16)26-22(28-21)17-10-15(25)8-9-20(17)31;20-12-5-6-17(26)14(7-12)19-22-15-4-2-1-3-13(15)18(24-19)23-16-9-21-8-11(16)10-25;/h4-10,14,19,30-31H,11-13H2,1-3H3,(H,26,27,28);1-7,11,16,21,25-26H,8-10H2,(H,22,23,24);1H4/t14-,19?;11-,16?;/m00./s1. The lowest BCUT2D eigenvalue weighted by Gasteiger charge is -2.24. The predicted octanol–water partition coefficient (Wildman–Crippen LogP) is 6.55. The SMILES string of the molecule is C.CC(C)(C)OC(=O)N1CC(Nc2nc(-c3cc(F)ccc3O)nc3ccccc23)[C@H](CO)C1.OC[C@@H]1CNCC1Nc1nc(-c2cc(F)ccc2O)nc2ccccc12. The van der Waals surface area contributed by atoms with E-state index in [1.54, 1.807) is 31.7 Å². The highest BCUT2D eigenvalue weighted by Crippen LogP contribution is 2.34. The van der Waals surface area contributed by atoms with E-state index in [1.165, 1.54) is 30.3 Å². The maximum absolute atomic E-state index is 13.8. The minimum atomic E-state index is -0.623. The summed E-state index contributed by atoms with van der Waals surface area (Å²) >= 11 is 0. The Morgan fingerprint density at radius 1 is 0.733 bits per heavy atom. The Balaban J connectivity index is 0.000000203. The number of nitrogens with zero attached hydrogens (tertiary/aromatic N) is 5. The van der Waals surface area contributed by atoms with Gasteiger partial charge in [-0.1, -0.05) is 31.7 Å². The molecule has 16 heteroatoms. The van der Waals surface area contributed by atoms with E-state index in [0.717, 1.165) is 23.4 Å². The topological polar surface area (TPSA) is 198 Å². The minimum absolute atomic E-state index is 0. The number of hydrogen-bond donors (Lipinski definition) is 7. The number of aromatic hydroxyl groups is 2. The molecule has 7 N–H and O–H groups in total. The van der Waals surface area contributed by atoms with Crippen LogP contribution in [0.25, 0.3) is 44.6 Å². The van der Waals surface area contributed by atoms with Gasteiger partial charge in [-0.15, -0.1) is 0 Å². The zero-order chi connectivity index (χ0) is 41.8. The highest BCUT2D eigenvalue weighted by molar-refractivity contribution is 5.92. The third-order valence-electron chi connectivity index (χ3n) is 10.2. The van der Waals surface area contributed by atoms with Crippen LogP contribution in [-0.4, -0.2) is 108 Å². The van der Waals surface area contributed by atoms with Crippen molar-refractivity contribution >= 4 is 39.5 Å². The van der Waals surface area contributed by atoms with Crippen molar-refractivity contribution in [3.05, 3.63) is 96.6 Å². The molecule has 14 nitrogen and oxygen atoms in total. The maximum Gasteiger partial charge on any atom is 0.410 e. The molecule has 316 valence electrons. The summed E-state index contributed by atoms with van der Waals surface area (Å²) in [5.41, 5.74) is 1.08. The lowest BCUT2D eigenvalue weighted by atomic mass is 10.0. The molecule has 2 fully saturated rings. The number of hydrogen-bond acceptors (Lipinski definition) is 13. The largest absolute Gasteiger partial charge is 0.507 e. The van der Waals surface area contributed by atoms with Crippen LogP contribution in [0, 0.1) is 23.5 Å². The van der Waals surface area contributed by atoms with Crippen LogP contribution in [0.2, 0.25) is 0 Å². The molecule has 4 atom stereocenters. The fourth-order valence-corrected chi connectivity index (χ4v) is 7.13. The molecule has 2 aromatic heterocycles. The monoisotopic (exact) mass is 824 g/mol. The number of ether oxygens (including phenoxy) is 1. The molecule has 2 saturated heterocycles. The van der Waals surface area contributed by atoms with Crippen LogP contribution in [0.1, 0.15) is 28.2 Å². The Kier molecular flexibility index (Phi) is 13.3. The van der Waals surface area contributed by atoms with Gasteiger partial charge in [0, 0.05) is 68.0 Å². The van der Waals surface area contributed by atoms with Crippen molar-refractivity contribution in [3.8, 4) is 34.3 Å². The van der Waals surface area contributed by atoms with E-state index in [2.05, 4.69) is 35.9 Å². The first-order chi connectivity index (χ1) is 28.3. The number of fused-ring (bicyclic) bond motifs is 2. The average Bonchev–Trinajstić information content (AvgIpc) is 3.85. The van der Waals surface area contributed by atoms with Gasteiger partial charge in [0.1, 0.15) is 40.4 Å². The first kappa shape index (κ1) is 43.4. The Hall–Kier alpha value is -6.23. The highest BCUT2D eigenvalue weighted by Gasteiger charge is 2.37. The number of rotatable bonds is 8. The van der Waals surface area contributed by atoms with Crippen molar-refractivity contribution in [2.75, 3.05) is 50.0 Å². The summed E-state index contributed by atoms with van der Waals surface area (Å²) in [6.45, 7) is 7.45. The average molecular weight is 825 g/mol. The molecule has 4 heterocycles. The summed E-state index contributed by atoms with van der Waals surface area (Å²) in [4.78, 5) is 32.2. The first-order valence-corrected chi connectivity index (χ1v) is 19.2. The summed E-state index contributed by atoms with van der Waals surface area (Å²) in [5, 5.41) is 51.4. The fourth-order valence-electron chi connectivity index (χ4n) is 7.13. The number of halogens is 2. The molecule has 2 aliphatic rings. The fraction of sp³-hybridized carbons (Fsp3) is 0.341. The normalized spacial score (nSPS) is 18.8. The van der Waals surface area contributed by atoms with E-state index in [0.29, 0.717) is 42.3 Å². The van der Waals surface area contributed by atoms with Gasteiger partial charge >= 0.3 is 6.09 Å². The van der Waals surface area contributed by atoms with Crippen molar-refractivity contribution in [1.29, 1.82) is 0 Å². The lowest BCUT2D eigenvalue weighted by molar-refractivity contribution is 0.0283. The van der Waals surface area contributed by atoms with Gasteiger partial charge in [0.2, 0.25) is 0 Å². The van der Waals surface area contributed by atoms with Crippen molar-refractivity contribution in [2.24, 2.45) is 11.8 Å². The Bertz CT molecular complexity index is 2470. The van der Waals surface area contributed by atoms with Gasteiger partial charge < -0.3 is 46.0 Å². The number of phenols is 2. The minimum Gasteiger partial charge on any atom is -0.507 e. The van der Waals surface area contributed by atoms with Gasteiger partial charge in [-0.3, -0.25) is 0 Å². The van der Waals surface area contributed by atoms with Gasteiger partial charge in [-0.05, 0) is 81.4 Å². The number of phenolic OH excluding ortho intramolecular Hbond substituents is 2. The Labute approximate surface area is 346 Å². The Morgan fingerprint density at radius 2 is 1.23 bits per heavy atom. The number of carbonyl (C=O) groups is 1. The number of aromatic nitrogens is 4. The summed E-state index contributed by atoms with van der Waals surface area (Å²) < 4.78 is 33.0. The summed E-state index contributed by atoms with van der Waals surface area (Å²) in [6.07, 6.45) is -0.442. The van der Waals surface area contributed by atoms with Crippen molar-refractivity contribution in [2.45, 2.75) is 45.9 Å². The van der Waals surface area contributed by atoms with Gasteiger partial charge in [0.05, 0.1) is 28.2 Å². The lowest BCUT2D eigenvalue weighted by Crippen LogP contribution is -2.36. The van der Waals surface area contributed by atoms with Crippen molar-refractivity contribution in [1.82, 2.24) is 30.2 Å². The number of benzene rings is 4. The van der Waals surface area contributed by atoms with Crippen LogP contribution in [0.5, 0.6) is 11.5 Å². The third-order valence-corrected chi connectivity index (χ3v) is 10.2. The van der Waals surface area contributed by atoms with Crippen LogP contribution in [0.4, 0.5) is 25.2 Å². The van der Waals surface area contributed by atoms with Gasteiger partial charge in [0.25, 0.3) is 0 Å². The number of para-hydroxylation sites is 2. The molecule has 6 aromatic rings. The van der Waals surface area contributed by atoms with Crippen molar-refractivity contribution < 1.29 is 38.7 Å². The van der Waals surface area contributed by atoms with Gasteiger partial charge in [0.15, 0.2) is 11.6 Å². The van der Waals surface area contributed by atoms with Crippen LogP contribution < -0.4 is 16.0 Å². The van der Waals surface area contributed by atoms with Gasteiger partial charge in [-0.25, -0.2) is 33.5 Å². The molecule has 0 spiro atoms. The molecule has 0 saturated carbocycles. The summed E-state index contributed by atoms with van der Waals surface area (Å²) in [5.74, 6) is 0.112. The molecule has 0 aliphatic carbocycles. The molecular weight excluding hydrogens is 775 g/mol. The molecule has 2 unspecified atom stereocenters. The zero-order valence-corrected chi connectivity index (χ0v) is 32.7. The predicted molar refractivity (Wildman–Crippen MR) is 227 cm³/mol. The summed E-state index contributed by atoms with van der Waals surface area (Å²) in [6, 6.07) is 21.9. The van der Waals surface area contributed by atoms with Crippen LogP contribution >= 0.6 is 0 Å². The van der Waals surface area contributed by atoms with Gasteiger partial charge in [-0.2, -0.15) is 0 Å². The van der Waals surface area contributed by atoms with E-state index in [1.807, 2.05) is 42.5 Å². The van der Waals surface area contributed by atoms with Crippen molar-refractivity contribution in [3.63, 3.8) is 0 Å². The van der Waals surface area contributed by atoms with E-state index in [4.69, 9.17) is 4.74 Å². The number of nitrogens with one attached hydrogen (secondary N) is 3. The van der Waals surface area contributed by atoms with Crippen LogP contribution in [0.15, 0.2) is 84.9 Å². The first-order valence-electron chi connectivity index (χ1n) is 19.2. The molecule has 60 heavy (non-hydrogen) atoms. The van der Waals surface area contributed by atoms with E-state index in [9.17, 15) is 34.0 Å². The quantitative estimate of drug-likeness (QED) is 0.0873.